The summed E-state index contributed by atoms with van der Waals surface area (Å²) < 4.78 is 0. The van der Waals surface area contributed by atoms with Gasteiger partial charge in [0.1, 0.15) is 5.82 Å². The van der Waals surface area contributed by atoms with Crippen molar-refractivity contribution in [2.45, 2.75) is 25.7 Å². The molecule has 0 saturated carbocycles. The van der Waals surface area contributed by atoms with Gasteiger partial charge < -0.3 is 15.5 Å². The van der Waals surface area contributed by atoms with Crippen molar-refractivity contribution >= 4 is 29.3 Å². The van der Waals surface area contributed by atoms with Crippen LogP contribution in [0.5, 0.6) is 0 Å². The number of halogens is 1. The van der Waals surface area contributed by atoms with Gasteiger partial charge in [-0.2, -0.15) is 4.98 Å². The molecular formula is C18H24ClN7. The van der Waals surface area contributed by atoms with Crippen molar-refractivity contribution in [2.24, 2.45) is 11.8 Å². The molecule has 2 aromatic heterocycles. The van der Waals surface area contributed by atoms with Gasteiger partial charge in [-0.05, 0) is 43.6 Å². The zero-order chi connectivity index (χ0) is 17.9. The van der Waals surface area contributed by atoms with Crippen LogP contribution in [0.15, 0.2) is 24.7 Å². The highest BCUT2D eigenvalue weighted by Gasteiger charge is 2.30. The van der Waals surface area contributed by atoms with Crippen LogP contribution in [0.3, 0.4) is 0 Å². The Morgan fingerprint density at radius 1 is 0.885 bits per heavy atom. The maximum absolute atomic E-state index is 5.88. The summed E-state index contributed by atoms with van der Waals surface area (Å²) in [6, 6.07) is 1.95. The van der Waals surface area contributed by atoms with E-state index in [9.17, 15) is 0 Å². The fourth-order valence-corrected chi connectivity index (χ4v) is 4.28. The summed E-state index contributed by atoms with van der Waals surface area (Å²) >= 11 is 5.88. The van der Waals surface area contributed by atoms with Crippen LogP contribution < -0.4 is 15.5 Å². The van der Waals surface area contributed by atoms with Crippen LogP contribution in [0.4, 0.5) is 17.7 Å². The molecule has 4 heterocycles. The summed E-state index contributed by atoms with van der Waals surface area (Å²) in [7, 11) is 0. The average Bonchev–Trinajstić information content (AvgIpc) is 2.69. The monoisotopic (exact) mass is 373 g/mol. The van der Waals surface area contributed by atoms with E-state index in [0.717, 1.165) is 49.8 Å². The minimum Gasteiger partial charge on any atom is -0.368 e. The van der Waals surface area contributed by atoms with Crippen molar-refractivity contribution < 1.29 is 0 Å². The van der Waals surface area contributed by atoms with Gasteiger partial charge in [0.25, 0.3) is 0 Å². The molecule has 138 valence electrons. The molecule has 2 fully saturated rings. The smallest absolute Gasteiger partial charge is 0.225 e. The van der Waals surface area contributed by atoms with Crippen molar-refractivity contribution in [3.8, 4) is 0 Å². The lowest BCUT2D eigenvalue weighted by atomic mass is 9.79. The van der Waals surface area contributed by atoms with E-state index in [1.165, 1.54) is 25.7 Å². The van der Waals surface area contributed by atoms with Crippen LogP contribution in [0.25, 0.3) is 0 Å². The maximum Gasteiger partial charge on any atom is 0.225 e. The molecule has 0 atom stereocenters. The van der Waals surface area contributed by atoms with Gasteiger partial charge in [0.2, 0.25) is 11.9 Å². The molecular weight excluding hydrogens is 350 g/mol. The Kier molecular flexibility index (Phi) is 5.06. The number of nitrogens with zero attached hydrogens (tertiary/aromatic N) is 6. The average molecular weight is 374 g/mol. The van der Waals surface area contributed by atoms with E-state index in [-0.39, 0.29) is 0 Å². The van der Waals surface area contributed by atoms with E-state index in [1.54, 1.807) is 18.6 Å². The van der Waals surface area contributed by atoms with Gasteiger partial charge in [0.05, 0.1) is 17.4 Å². The molecule has 2 aromatic rings. The molecule has 2 aliphatic heterocycles. The van der Waals surface area contributed by atoms with Gasteiger partial charge in [-0.1, -0.05) is 11.6 Å². The molecule has 7 nitrogen and oxygen atoms in total. The highest BCUT2D eigenvalue weighted by molar-refractivity contribution is 6.30. The first kappa shape index (κ1) is 17.3. The molecule has 0 spiro atoms. The van der Waals surface area contributed by atoms with Crippen molar-refractivity contribution in [3.05, 3.63) is 29.7 Å². The molecule has 2 aliphatic rings. The van der Waals surface area contributed by atoms with Crippen LogP contribution >= 0.6 is 11.6 Å². The third-order valence-corrected chi connectivity index (χ3v) is 5.81. The van der Waals surface area contributed by atoms with Crippen LogP contribution in [0, 0.1) is 11.8 Å². The molecule has 26 heavy (non-hydrogen) atoms. The zero-order valence-corrected chi connectivity index (χ0v) is 15.5. The van der Waals surface area contributed by atoms with Crippen molar-refractivity contribution in [2.75, 3.05) is 41.7 Å². The second kappa shape index (κ2) is 7.61. The molecule has 0 bridgehead atoms. The number of anilines is 3. The third-order valence-electron chi connectivity index (χ3n) is 5.62. The number of hydrogen-bond acceptors (Lipinski definition) is 7. The number of rotatable bonds is 3. The Hall–Kier alpha value is -2.15. The topological polar surface area (TPSA) is 84.1 Å². The van der Waals surface area contributed by atoms with Crippen LogP contribution in [-0.4, -0.2) is 46.1 Å². The molecule has 0 unspecified atom stereocenters. The first-order valence-electron chi connectivity index (χ1n) is 9.25. The van der Waals surface area contributed by atoms with E-state index in [1.807, 2.05) is 6.07 Å². The summed E-state index contributed by atoms with van der Waals surface area (Å²) in [5.41, 5.74) is 5.71. The fourth-order valence-electron chi connectivity index (χ4n) is 4.18. The number of aromatic nitrogens is 4. The molecule has 2 saturated heterocycles. The number of piperidine rings is 2. The largest absolute Gasteiger partial charge is 0.368 e. The number of nitrogen functional groups attached to an aromatic ring is 1. The number of hydrogen-bond donors (Lipinski definition) is 1. The lowest BCUT2D eigenvalue weighted by Gasteiger charge is -2.40. The number of nitrogens with two attached hydrogens (primary N) is 1. The van der Waals surface area contributed by atoms with Crippen LogP contribution in [0.2, 0.25) is 5.02 Å². The van der Waals surface area contributed by atoms with Gasteiger partial charge in [-0.25, -0.2) is 15.0 Å². The van der Waals surface area contributed by atoms with E-state index in [4.69, 9.17) is 17.3 Å². The first-order chi connectivity index (χ1) is 12.7. The van der Waals surface area contributed by atoms with Gasteiger partial charge >= 0.3 is 0 Å². The lowest BCUT2D eigenvalue weighted by Crippen LogP contribution is -2.41. The van der Waals surface area contributed by atoms with E-state index >= 15 is 0 Å². The third kappa shape index (κ3) is 3.82. The lowest BCUT2D eigenvalue weighted by molar-refractivity contribution is 0.232. The molecule has 0 aromatic carbocycles. The minimum atomic E-state index is 0.349. The molecule has 8 heteroatoms. The van der Waals surface area contributed by atoms with Gasteiger partial charge in [0, 0.05) is 32.4 Å². The van der Waals surface area contributed by atoms with Gasteiger partial charge in [-0.3, -0.25) is 0 Å². The maximum atomic E-state index is 5.88. The van der Waals surface area contributed by atoms with Crippen LogP contribution in [0.1, 0.15) is 25.7 Å². The Bertz CT molecular complexity index is 723. The predicted molar refractivity (Wildman–Crippen MR) is 103 cm³/mol. The Morgan fingerprint density at radius 3 is 2.04 bits per heavy atom. The van der Waals surface area contributed by atoms with E-state index < -0.39 is 0 Å². The molecule has 4 rings (SSSR count). The summed E-state index contributed by atoms with van der Waals surface area (Å²) in [4.78, 5) is 21.6. The van der Waals surface area contributed by atoms with Crippen LogP contribution in [-0.2, 0) is 0 Å². The second-order valence-corrected chi connectivity index (χ2v) is 7.56. The normalized spacial score (nSPS) is 19.7. The Balaban J connectivity index is 1.29. The Morgan fingerprint density at radius 2 is 1.46 bits per heavy atom. The fraction of sp³-hybridized carbons (Fsp3) is 0.556. The first-order valence-corrected chi connectivity index (χ1v) is 9.63. The SMILES string of the molecule is Nc1nccc(N2CCC(C3CCN(c4ncc(Cl)cn4)CC3)CC2)n1. The van der Waals surface area contributed by atoms with Crippen molar-refractivity contribution in [1.82, 2.24) is 19.9 Å². The quantitative estimate of drug-likeness (QED) is 0.885. The van der Waals surface area contributed by atoms with E-state index in [0.29, 0.717) is 11.0 Å². The zero-order valence-electron chi connectivity index (χ0n) is 14.8. The van der Waals surface area contributed by atoms with Gasteiger partial charge in [-0.15, -0.1) is 0 Å². The molecule has 0 amide bonds. The minimum absolute atomic E-state index is 0.349. The summed E-state index contributed by atoms with van der Waals surface area (Å²) in [5, 5.41) is 0.584. The summed E-state index contributed by atoms with van der Waals surface area (Å²) in [5.74, 6) is 3.67. The molecule has 2 N–H and O–H groups in total. The molecule has 0 radical (unpaired) electrons. The molecule has 0 aliphatic carbocycles. The summed E-state index contributed by atoms with van der Waals surface area (Å²) in [6.45, 7) is 4.13. The van der Waals surface area contributed by atoms with Gasteiger partial charge in [0.15, 0.2) is 0 Å². The van der Waals surface area contributed by atoms with Crippen molar-refractivity contribution in [3.63, 3.8) is 0 Å². The Labute approximate surface area is 158 Å². The van der Waals surface area contributed by atoms with Crippen molar-refractivity contribution in [1.29, 1.82) is 0 Å². The second-order valence-electron chi connectivity index (χ2n) is 7.12. The summed E-state index contributed by atoms with van der Waals surface area (Å²) in [6.07, 6.45) is 9.92. The highest BCUT2D eigenvalue weighted by Crippen LogP contribution is 2.34. The van der Waals surface area contributed by atoms with E-state index in [2.05, 4.69) is 29.7 Å². The highest BCUT2D eigenvalue weighted by atomic mass is 35.5. The predicted octanol–water partition coefficient (Wildman–Crippen LogP) is 2.64. The standard InChI is InChI=1S/C18H24ClN7/c19-15-11-22-18(23-12-15)26-9-4-14(5-10-26)13-2-7-25(8-3-13)16-1-6-21-17(20)24-16/h1,6,11-14H,2-5,7-10H2,(H2,20,21,24).